The fourth-order valence-electron chi connectivity index (χ4n) is 4.67. The van der Waals surface area contributed by atoms with Crippen molar-refractivity contribution in [1.29, 1.82) is 0 Å². The van der Waals surface area contributed by atoms with Crippen molar-refractivity contribution in [3.05, 3.63) is 0 Å². The maximum absolute atomic E-state index is 3.68. The molecule has 8 heteroatoms. The monoisotopic (exact) mass is 468 g/mol. The van der Waals surface area contributed by atoms with Crippen molar-refractivity contribution >= 4 is 0 Å². The fraction of sp³-hybridized carbons (Fsp3) is 1.00. The van der Waals surface area contributed by atoms with Gasteiger partial charge in [-0.1, -0.05) is 12.8 Å². The molecule has 196 valence electrons. The van der Waals surface area contributed by atoms with Crippen molar-refractivity contribution in [2.75, 3.05) is 111 Å². The first-order valence-electron chi connectivity index (χ1n) is 14.1. The molecule has 0 aromatic heterocycles. The molecular formula is C25H56N8. The molecule has 2 fully saturated rings. The predicted octanol–water partition coefficient (Wildman–Crippen LogP) is -0.210. The van der Waals surface area contributed by atoms with Crippen LogP contribution in [0, 0.1) is 5.92 Å². The Morgan fingerprint density at radius 3 is 1.58 bits per heavy atom. The van der Waals surface area contributed by atoms with Gasteiger partial charge in [0, 0.05) is 52.4 Å². The lowest BCUT2D eigenvalue weighted by Crippen LogP contribution is -2.38. The van der Waals surface area contributed by atoms with Crippen LogP contribution in [0.2, 0.25) is 0 Å². The third-order valence-electron chi connectivity index (χ3n) is 6.74. The fourth-order valence-corrected chi connectivity index (χ4v) is 4.67. The highest BCUT2D eigenvalue weighted by Crippen LogP contribution is 2.10. The van der Waals surface area contributed by atoms with Gasteiger partial charge in [0.15, 0.2) is 0 Å². The van der Waals surface area contributed by atoms with E-state index in [-0.39, 0.29) is 0 Å². The number of nitrogens with zero attached hydrogens (tertiary/aromatic N) is 1. The Hall–Kier alpha value is -0.320. The topological polar surface area (TPSA) is 87.5 Å². The summed E-state index contributed by atoms with van der Waals surface area (Å²) in [7, 11) is 0. The van der Waals surface area contributed by atoms with Gasteiger partial charge in [-0.2, -0.15) is 0 Å². The van der Waals surface area contributed by atoms with Crippen LogP contribution in [0.25, 0.3) is 0 Å². The van der Waals surface area contributed by atoms with E-state index in [0.29, 0.717) is 0 Å². The average Bonchev–Trinajstić information content (AvgIpc) is 2.83. The Balaban J connectivity index is 1.59. The molecule has 2 heterocycles. The Kier molecular flexibility index (Phi) is 19.4. The zero-order chi connectivity index (χ0) is 23.1. The quantitative estimate of drug-likeness (QED) is 0.270. The van der Waals surface area contributed by atoms with Crippen molar-refractivity contribution in [3.63, 3.8) is 0 Å². The van der Waals surface area contributed by atoms with Crippen molar-refractivity contribution in [1.82, 2.24) is 42.1 Å². The minimum atomic E-state index is 0.743. The van der Waals surface area contributed by atoms with E-state index >= 15 is 0 Å². The lowest BCUT2D eigenvalue weighted by atomic mass is 10.0. The zero-order valence-electron chi connectivity index (χ0n) is 21.5. The second-order valence-electron chi connectivity index (χ2n) is 9.78. The molecule has 7 N–H and O–H groups in total. The first-order valence-corrected chi connectivity index (χ1v) is 14.1. The van der Waals surface area contributed by atoms with Crippen LogP contribution in [0.1, 0.15) is 44.9 Å². The number of hydrogen-bond acceptors (Lipinski definition) is 8. The van der Waals surface area contributed by atoms with Crippen molar-refractivity contribution in [3.8, 4) is 0 Å². The molecule has 0 atom stereocenters. The SMILES string of the molecule is C(CCC1CNCCNCCCNCCNC1)CCN1CCCNCCNCCCNCC1. The molecule has 0 aromatic rings. The van der Waals surface area contributed by atoms with Crippen LogP contribution in [0.15, 0.2) is 0 Å². The van der Waals surface area contributed by atoms with E-state index in [1.54, 1.807) is 0 Å². The third kappa shape index (κ3) is 17.7. The van der Waals surface area contributed by atoms with Gasteiger partial charge in [0.2, 0.25) is 0 Å². The van der Waals surface area contributed by atoms with Gasteiger partial charge in [-0.25, -0.2) is 0 Å². The highest BCUT2D eigenvalue weighted by atomic mass is 15.1. The van der Waals surface area contributed by atoms with Crippen LogP contribution >= 0.6 is 0 Å². The summed E-state index contributed by atoms with van der Waals surface area (Å²) >= 11 is 0. The van der Waals surface area contributed by atoms with Crippen LogP contribution in [0.3, 0.4) is 0 Å². The van der Waals surface area contributed by atoms with Crippen LogP contribution < -0.4 is 37.2 Å². The molecule has 2 aliphatic rings. The molecule has 0 radical (unpaired) electrons. The minimum Gasteiger partial charge on any atom is -0.315 e. The lowest BCUT2D eigenvalue weighted by molar-refractivity contribution is 0.260. The Labute approximate surface area is 204 Å². The van der Waals surface area contributed by atoms with E-state index < -0.39 is 0 Å². The van der Waals surface area contributed by atoms with Gasteiger partial charge in [0.25, 0.3) is 0 Å². The zero-order valence-corrected chi connectivity index (χ0v) is 21.5. The molecule has 2 aliphatic heterocycles. The molecule has 2 rings (SSSR count). The summed E-state index contributed by atoms with van der Waals surface area (Å²) in [5.74, 6) is 0.743. The summed E-state index contributed by atoms with van der Waals surface area (Å²) in [6.45, 7) is 19.2. The second-order valence-corrected chi connectivity index (χ2v) is 9.78. The van der Waals surface area contributed by atoms with Gasteiger partial charge in [0.1, 0.15) is 0 Å². The molecule has 0 aromatic carbocycles. The van der Waals surface area contributed by atoms with Crippen LogP contribution in [-0.2, 0) is 0 Å². The standard InChI is InChI=1S/C25H56N8/c1(2-7-25-23-31-17-15-27-8-4-9-28-16-18-32-24-25)3-20-33-21-6-12-29-14-13-26-10-5-11-30-19-22-33/h25-32H,1-24H2. The summed E-state index contributed by atoms with van der Waals surface area (Å²) in [5, 5.41) is 25.2. The summed E-state index contributed by atoms with van der Waals surface area (Å²) in [5.41, 5.74) is 0. The number of rotatable bonds is 6. The first-order chi connectivity index (χ1) is 16.4. The lowest BCUT2D eigenvalue weighted by Gasteiger charge is -2.23. The molecule has 0 unspecified atom stereocenters. The second kappa shape index (κ2) is 22.2. The summed E-state index contributed by atoms with van der Waals surface area (Å²) in [6.07, 6.45) is 9.06. The predicted molar refractivity (Wildman–Crippen MR) is 142 cm³/mol. The molecular weight excluding hydrogens is 412 g/mol. The highest BCUT2D eigenvalue weighted by molar-refractivity contribution is 4.69. The minimum absolute atomic E-state index is 0.743. The molecule has 0 amide bonds. The van der Waals surface area contributed by atoms with Crippen molar-refractivity contribution in [2.24, 2.45) is 5.92 Å². The van der Waals surface area contributed by atoms with E-state index in [4.69, 9.17) is 0 Å². The molecule has 33 heavy (non-hydrogen) atoms. The van der Waals surface area contributed by atoms with E-state index in [1.165, 1.54) is 64.6 Å². The van der Waals surface area contributed by atoms with Crippen molar-refractivity contribution in [2.45, 2.75) is 44.9 Å². The number of hydrogen-bond donors (Lipinski definition) is 7. The maximum Gasteiger partial charge on any atom is 0.0107 e. The Morgan fingerprint density at radius 1 is 0.455 bits per heavy atom. The van der Waals surface area contributed by atoms with Gasteiger partial charge >= 0.3 is 0 Å². The molecule has 8 nitrogen and oxygen atoms in total. The largest absolute Gasteiger partial charge is 0.315 e. The molecule has 2 saturated heterocycles. The van der Waals surface area contributed by atoms with Crippen LogP contribution in [0.5, 0.6) is 0 Å². The van der Waals surface area contributed by atoms with E-state index in [9.17, 15) is 0 Å². The summed E-state index contributed by atoms with van der Waals surface area (Å²) in [6, 6.07) is 0. The van der Waals surface area contributed by atoms with Gasteiger partial charge in [-0.3, -0.25) is 0 Å². The average molecular weight is 469 g/mol. The van der Waals surface area contributed by atoms with E-state index in [2.05, 4.69) is 42.1 Å². The summed E-state index contributed by atoms with van der Waals surface area (Å²) in [4.78, 5) is 2.68. The van der Waals surface area contributed by atoms with Gasteiger partial charge in [-0.15, -0.1) is 0 Å². The van der Waals surface area contributed by atoms with Gasteiger partial charge in [-0.05, 0) is 96.9 Å². The molecule has 0 spiro atoms. The first kappa shape index (κ1) is 28.9. The molecule has 0 saturated carbocycles. The van der Waals surface area contributed by atoms with Crippen LogP contribution in [-0.4, -0.2) is 116 Å². The van der Waals surface area contributed by atoms with Gasteiger partial charge < -0.3 is 42.1 Å². The maximum atomic E-state index is 3.68. The third-order valence-corrected chi connectivity index (χ3v) is 6.74. The van der Waals surface area contributed by atoms with E-state index in [0.717, 1.165) is 97.5 Å². The Bertz CT molecular complexity index is 348. The normalized spacial score (nSPS) is 24.0. The molecule has 0 aliphatic carbocycles. The van der Waals surface area contributed by atoms with Gasteiger partial charge in [0.05, 0.1) is 0 Å². The number of nitrogens with one attached hydrogen (secondary N) is 7. The Morgan fingerprint density at radius 2 is 0.970 bits per heavy atom. The molecule has 0 bridgehead atoms. The van der Waals surface area contributed by atoms with Crippen molar-refractivity contribution < 1.29 is 0 Å². The smallest absolute Gasteiger partial charge is 0.0107 e. The summed E-state index contributed by atoms with van der Waals surface area (Å²) < 4.78 is 0. The highest BCUT2D eigenvalue weighted by Gasteiger charge is 2.10. The van der Waals surface area contributed by atoms with Crippen LogP contribution in [0.4, 0.5) is 0 Å². The van der Waals surface area contributed by atoms with E-state index in [1.807, 2.05) is 0 Å². The number of unbranched alkanes of at least 4 members (excludes halogenated alkanes) is 2.